The second-order valence-corrected chi connectivity index (χ2v) is 3.60. The van der Waals surface area contributed by atoms with Gasteiger partial charge in [-0.1, -0.05) is 0 Å². The van der Waals surface area contributed by atoms with Crippen molar-refractivity contribution in [2.24, 2.45) is 5.10 Å². The van der Waals surface area contributed by atoms with E-state index in [0.717, 1.165) is 17.0 Å². The SMILES string of the molecule is Cc1ncccc1C1=NN(C)C(=O)CC1. The summed E-state index contributed by atoms with van der Waals surface area (Å²) < 4.78 is 0. The highest BCUT2D eigenvalue weighted by atomic mass is 16.2. The van der Waals surface area contributed by atoms with E-state index in [1.807, 2.05) is 19.1 Å². The van der Waals surface area contributed by atoms with Crippen LogP contribution in [-0.4, -0.2) is 28.7 Å². The standard InChI is InChI=1S/C11H13N3O/c1-8-9(4-3-7-12-8)10-5-6-11(15)14(2)13-10/h3-4,7H,5-6H2,1-2H3. The second kappa shape index (κ2) is 3.81. The summed E-state index contributed by atoms with van der Waals surface area (Å²) in [6, 6.07) is 3.88. The Bertz CT molecular complexity index is 426. The average Bonchev–Trinajstić information content (AvgIpc) is 2.23. The monoisotopic (exact) mass is 203 g/mol. The highest BCUT2D eigenvalue weighted by Crippen LogP contribution is 2.15. The first-order valence-electron chi connectivity index (χ1n) is 4.94. The minimum absolute atomic E-state index is 0.0697. The molecule has 0 fully saturated rings. The van der Waals surface area contributed by atoms with E-state index in [-0.39, 0.29) is 5.91 Å². The topological polar surface area (TPSA) is 45.6 Å². The summed E-state index contributed by atoms with van der Waals surface area (Å²) >= 11 is 0. The first-order chi connectivity index (χ1) is 7.18. The number of rotatable bonds is 1. The van der Waals surface area contributed by atoms with E-state index in [1.54, 1.807) is 13.2 Å². The van der Waals surface area contributed by atoms with Crippen LogP contribution < -0.4 is 0 Å². The lowest BCUT2D eigenvalue weighted by Gasteiger charge is -2.20. The lowest BCUT2D eigenvalue weighted by molar-refractivity contribution is -0.130. The molecule has 2 rings (SSSR count). The van der Waals surface area contributed by atoms with Gasteiger partial charge in [0.1, 0.15) is 0 Å². The van der Waals surface area contributed by atoms with Crippen molar-refractivity contribution in [2.75, 3.05) is 7.05 Å². The Morgan fingerprint density at radius 3 is 2.87 bits per heavy atom. The van der Waals surface area contributed by atoms with E-state index in [1.165, 1.54) is 5.01 Å². The molecule has 4 heteroatoms. The summed E-state index contributed by atoms with van der Waals surface area (Å²) in [5.74, 6) is 0.0697. The maximum absolute atomic E-state index is 11.3. The highest BCUT2D eigenvalue weighted by molar-refractivity contribution is 6.04. The maximum atomic E-state index is 11.3. The lowest BCUT2D eigenvalue weighted by atomic mass is 10.0. The van der Waals surface area contributed by atoms with Crippen molar-refractivity contribution in [3.63, 3.8) is 0 Å². The van der Waals surface area contributed by atoms with Gasteiger partial charge in [0, 0.05) is 37.3 Å². The third-order valence-electron chi connectivity index (χ3n) is 2.53. The van der Waals surface area contributed by atoms with Crippen LogP contribution in [0, 0.1) is 6.92 Å². The molecule has 1 aromatic heterocycles. The summed E-state index contributed by atoms with van der Waals surface area (Å²) in [4.78, 5) is 15.5. The van der Waals surface area contributed by atoms with Crippen LogP contribution >= 0.6 is 0 Å². The van der Waals surface area contributed by atoms with Crippen LogP contribution in [0.3, 0.4) is 0 Å². The highest BCUT2D eigenvalue weighted by Gasteiger charge is 2.18. The van der Waals surface area contributed by atoms with Crippen molar-refractivity contribution < 1.29 is 4.79 Å². The zero-order chi connectivity index (χ0) is 10.8. The minimum atomic E-state index is 0.0697. The van der Waals surface area contributed by atoms with E-state index in [4.69, 9.17) is 0 Å². The molecule has 1 amide bonds. The maximum Gasteiger partial charge on any atom is 0.242 e. The van der Waals surface area contributed by atoms with Crippen LogP contribution in [0.1, 0.15) is 24.1 Å². The number of aromatic nitrogens is 1. The van der Waals surface area contributed by atoms with Crippen molar-refractivity contribution in [1.82, 2.24) is 9.99 Å². The molecular weight excluding hydrogens is 190 g/mol. The zero-order valence-electron chi connectivity index (χ0n) is 8.90. The van der Waals surface area contributed by atoms with Crippen LogP contribution in [0.25, 0.3) is 0 Å². The molecule has 78 valence electrons. The van der Waals surface area contributed by atoms with Gasteiger partial charge < -0.3 is 0 Å². The Morgan fingerprint density at radius 2 is 2.20 bits per heavy atom. The van der Waals surface area contributed by atoms with Crippen LogP contribution in [-0.2, 0) is 4.79 Å². The van der Waals surface area contributed by atoms with Crippen molar-refractivity contribution in [3.8, 4) is 0 Å². The first kappa shape index (κ1) is 9.83. The Kier molecular flexibility index (Phi) is 2.49. The molecule has 0 aliphatic carbocycles. The molecule has 0 unspecified atom stereocenters. The summed E-state index contributed by atoms with van der Waals surface area (Å²) in [6.45, 7) is 1.95. The summed E-state index contributed by atoms with van der Waals surface area (Å²) in [6.07, 6.45) is 3.00. The lowest BCUT2D eigenvalue weighted by Crippen LogP contribution is -2.28. The smallest absolute Gasteiger partial charge is 0.242 e. The number of aryl methyl sites for hydroxylation is 1. The van der Waals surface area contributed by atoms with Gasteiger partial charge >= 0.3 is 0 Å². The molecule has 0 bridgehead atoms. The molecule has 0 N–H and O–H groups in total. The molecule has 1 aliphatic heterocycles. The number of hydrogen-bond acceptors (Lipinski definition) is 3. The second-order valence-electron chi connectivity index (χ2n) is 3.60. The van der Waals surface area contributed by atoms with Crippen molar-refractivity contribution in [2.45, 2.75) is 19.8 Å². The molecule has 0 saturated heterocycles. The minimum Gasteiger partial charge on any atom is -0.273 e. The van der Waals surface area contributed by atoms with E-state index in [2.05, 4.69) is 10.1 Å². The number of hydrogen-bond donors (Lipinski definition) is 0. The van der Waals surface area contributed by atoms with Crippen LogP contribution in [0.2, 0.25) is 0 Å². The summed E-state index contributed by atoms with van der Waals surface area (Å²) in [5.41, 5.74) is 2.94. The van der Waals surface area contributed by atoms with Crippen molar-refractivity contribution in [3.05, 3.63) is 29.6 Å². The molecule has 0 atom stereocenters. The fraction of sp³-hybridized carbons (Fsp3) is 0.364. The third kappa shape index (κ3) is 1.88. The Hall–Kier alpha value is -1.71. The number of carbonyl (C=O) groups excluding carboxylic acids is 1. The number of pyridine rings is 1. The fourth-order valence-electron chi connectivity index (χ4n) is 1.65. The van der Waals surface area contributed by atoms with Gasteiger partial charge in [-0.25, -0.2) is 5.01 Å². The van der Waals surface area contributed by atoms with E-state index in [0.29, 0.717) is 12.8 Å². The molecule has 1 aliphatic rings. The Balaban J connectivity index is 2.37. The van der Waals surface area contributed by atoms with Crippen LogP contribution in [0.4, 0.5) is 0 Å². The largest absolute Gasteiger partial charge is 0.273 e. The predicted octanol–water partition coefficient (Wildman–Crippen LogP) is 1.35. The van der Waals surface area contributed by atoms with Gasteiger partial charge in [0.05, 0.1) is 5.71 Å². The predicted molar refractivity (Wildman–Crippen MR) is 57.5 cm³/mol. The Morgan fingerprint density at radius 1 is 1.40 bits per heavy atom. The molecule has 0 aromatic carbocycles. The molecular formula is C11H13N3O. The molecule has 0 spiro atoms. The molecule has 1 aromatic rings. The summed E-state index contributed by atoms with van der Waals surface area (Å²) in [5, 5.41) is 5.66. The van der Waals surface area contributed by atoms with Gasteiger partial charge in [-0.3, -0.25) is 9.78 Å². The van der Waals surface area contributed by atoms with E-state index >= 15 is 0 Å². The quantitative estimate of drug-likeness (QED) is 0.691. The van der Waals surface area contributed by atoms with Crippen molar-refractivity contribution >= 4 is 11.6 Å². The van der Waals surface area contributed by atoms with E-state index < -0.39 is 0 Å². The normalized spacial score (nSPS) is 16.5. The number of carbonyl (C=O) groups is 1. The molecule has 15 heavy (non-hydrogen) atoms. The Labute approximate surface area is 88.6 Å². The molecule has 0 saturated carbocycles. The van der Waals surface area contributed by atoms with Gasteiger partial charge in [0.25, 0.3) is 0 Å². The fourth-order valence-corrected chi connectivity index (χ4v) is 1.65. The zero-order valence-corrected chi connectivity index (χ0v) is 8.90. The first-order valence-corrected chi connectivity index (χ1v) is 4.94. The third-order valence-corrected chi connectivity index (χ3v) is 2.53. The number of hydrazone groups is 1. The number of amides is 1. The molecule has 0 radical (unpaired) electrons. The van der Waals surface area contributed by atoms with Crippen molar-refractivity contribution in [1.29, 1.82) is 0 Å². The molecule has 4 nitrogen and oxygen atoms in total. The van der Waals surface area contributed by atoms with Gasteiger partial charge in [0.2, 0.25) is 5.91 Å². The van der Waals surface area contributed by atoms with Crippen LogP contribution in [0.5, 0.6) is 0 Å². The van der Waals surface area contributed by atoms with Gasteiger partial charge in [-0.05, 0) is 19.1 Å². The van der Waals surface area contributed by atoms with Crippen LogP contribution in [0.15, 0.2) is 23.4 Å². The average molecular weight is 203 g/mol. The van der Waals surface area contributed by atoms with Gasteiger partial charge in [-0.2, -0.15) is 5.10 Å². The summed E-state index contributed by atoms with van der Waals surface area (Å²) in [7, 11) is 1.69. The van der Waals surface area contributed by atoms with Gasteiger partial charge in [0.15, 0.2) is 0 Å². The molecule has 2 heterocycles. The van der Waals surface area contributed by atoms with E-state index in [9.17, 15) is 4.79 Å². The van der Waals surface area contributed by atoms with Gasteiger partial charge in [-0.15, -0.1) is 0 Å². The number of nitrogens with zero attached hydrogens (tertiary/aromatic N) is 3.